The fraction of sp³-hybridized carbons (Fsp3) is 0.188. The number of rotatable bonds is 3. The molecule has 1 aromatic carbocycles. The number of para-hydroxylation sites is 1. The number of ether oxygens (including phenoxy) is 1. The van der Waals surface area contributed by atoms with Crippen LogP contribution in [0.3, 0.4) is 0 Å². The van der Waals surface area contributed by atoms with E-state index in [4.69, 9.17) is 14.9 Å². The first-order chi connectivity index (χ1) is 10.1. The van der Waals surface area contributed by atoms with Crippen LogP contribution in [0.5, 0.6) is 0 Å². The van der Waals surface area contributed by atoms with Crippen molar-refractivity contribution in [3.8, 4) is 10.6 Å². The molecule has 0 unspecified atom stereocenters. The highest BCUT2D eigenvalue weighted by molar-refractivity contribution is 7.18. The molecule has 0 fully saturated rings. The molecule has 21 heavy (non-hydrogen) atoms. The Labute approximate surface area is 126 Å². The molecule has 2 N–H and O–H groups in total. The third kappa shape index (κ3) is 2.29. The van der Waals surface area contributed by atoms with Crippen molar-refractivity contribution in [3.05, 3.63) is 40.8 Å². The summed E-state index contributed by atoms with van der Waals surface area (Å²) in [5.74, 6) is 0.339. The molecule has 0 aliphatic carbocycles. The van der Waals surface area contributed by atoms with Gasteiger partial charge >= 0.3 is 5.97 Å². The summed E-state index contributed by atoms with van der Waals surface area (Å²) in [6, 6.07) is 9.75. The average Bonchev–Trinajstić information content (AvgIpc) is 3.02. The second-order valence-electron chi connectivity index (χ2n) is 4.67. The van der Waals surface area contributed by atoms with Gasteiger partial charge in [0.1, 0.15) is 16.2 Å². The molecule has 0 atom stereocenters. The molecule has 3 rings (SSSR count). The van der Waals surface area contributed by atoms with Gasteiger partial charge in [-0.15, -0.1) is 11.3 Å². The molecular formula is C16H15NO3S. The number of hydrogen-bond donors (Lipinski definition) is 1. The van der Waals surface area contributed by atoms with Gasteiger partial charge in [0.25, 0.3) is 0 Å². The van der Waals surface area contributed by atoms with Crippen molar-refractivity contribution in [1.29, 1.82) is 0 Å². The molecule has 2 heterocycles. The minimum Gasteiger partial charge on any atom is -0.462 e. The van der Waals surface area contributed by atoms with Crippen molar-refractivity contribution in [1.82, 2.24) is 0 Å². The number of thiophene rings is 1. The summed E-state index contributed by atoms with van der Waals surface area (Å²) in [6.45, 7) is 3.99. The van der Waals surface area contributed by atoms with E-state index in [1.165, 1.54) is 11.3 Å². The van der Waals surface area contributed by atoms with Crippen LogP contribution in [0.1, 0.15) is 22.2 Å². The van der Waals surface area contributed by atoms with E-state index in [1.54, 1.807) is 6.92 Å². The van der Waals surface area contributed by atoms with Crippen molar-refractivity contribution in [2.45, 2.75) is 13.8 Å². The second-order valence-corrected chi connectivity index (χ2v) is 5.69. The predicted molar refractivity (Wildman–Crippen MR) is 84.6 cm³/mol. The molecular weight excluding hydrogens is 286 g/mol. The largest absolute Gasteiger partial charge is 0.462 e. The second kappa shape index (κ2) is 5.26. The molecule has 108 valence electrons. The van der Waals surface area contributed by atoms with E-state index in [2.05, 4.69) is 0 Å². The zero-order valence-corrected chi connectivity index (χ0v) is 12.6. The van der Waals surface area contributed by atoms with Crippen molar-refractivity contribution >= 4 is 34.0 Å². The van der Waals surface area contributed by atoms with Crippen molar-refractivity contribution in [2.75, 3.05) is 12.3 Å². The average molecular weight is 301 g/mol. The summed E-state index contributed by atoms with van der Waals surface area (Å²) in [6.07, 6.45) is 0. The van der Waals surface area contributed by atoms with Crippen LogP contribution >= 0.6 is 11.3 Å². The molecule has 0 saturated heterocycles. The van der Waals surface area contributed by atoms with Gasteiger partial charge in [-0.2, -0.15) is 0 Å². The summed E-state index contributed by atoms with van der Waals surface area (Å²) in [7, 11) is 0. The quantitative estimate of drug-likeness (QED) is 0.735. The van der Waals surface area contributed by atoms with Gasteiger partial charge < -0.3 is 14.9 Å². The standard InChI is InChI=1S/C16H15NO3S/c1-3-19-16(18)15-13(17)9(2)14(21-15)12-8-10-6-4-5-7-11(10)20-12/h4-8H,3,17H2,1-2H3. The lowest BCUT2D eigenvalue weighted by atomic mass is 10.2. The van der Waals surface area contributed by atoms with E-state index in [1.807, 2.05) is 37.3 Å². The van der Waals surface area contributed by atoms with E-state index in [-0.39, 0.29) is 5.97 Å². The Hall–Kier alpha value is -2.27. The molecule has 2 aromatic heterocycles. The van der Waals surface area contributed by atoms with Gasteiger partial charge in [-0.1, -0.05) is 18.2 Å². The number of carbonyl (C=O) groups is 1. The Morgan fingerprint density at radius 3 is 2.86 bits per heavy atom. The maximum Gasteiger partial charge on any atom is 0.350 e. The van der Waals surface area contributed by atoms with Crippen LogP contribution < -0.4 is 5.73 Å². The summed E-state index contributed by atoms with van der Waals surface area (Å²) in [4.78, 5) is 13.2. The first-order valence-electron chi connectivity index (χ1n) is 6.66. The fourth-order valence-electron chi connectivity index (χ4n) is 2.20. The van der Waals surface area contributed by atoms with Gasteiger partial charge in [-0.25, -0.2) is 4.79 Å². The van der Waals surface area contributed by atoms with E-state index < -0.39 is 0 Å². The van der Waals surface area contributed by atoms with E-state index >= 15 is 0 Å². The normalized spacial score (nSPS) is 11.0. The van der Waals surface area contributed by atoms with Crippen molar-refractivity contribution < 1.29 is 13.9 Å². The highest BCUT2D eigenvalue weighted by atomic mass is 32.1. The molecule has 0 saturated carbocycles. The first kappa shape index (κ1) is 13.7. The lowest BCUT2D eigenvalue weighted by Crippen LogP contribution is -2.05. The third-order valence-corrected chi connectivity index (χ3v) is 4.61. The smallest absolute Gasteiger partial charge is 0.350 e. The van der Waals surface area contributed by atoms with Gasteiger partial charge in [-0.3, -0.25) is 0 Å². The van der Waals surface area contributed by atoms with Gasteiger partial charge in [-0.05, 0) is 31.5 Å². The van der Waals surface area contributed by atoms with Crippen LogP contribution in [0.2, 0.25) is 0 Å². The highest BCUT2D eigenvalue weighted by Gasteiger charge is 2.22. The van der Waals surface area contributed by atoms with Crippen LogP contribution in [0.25, 0.3) is 21.6 Å². The number of fused-ring (bicyclic) bond motifs is 1. The molecule has 4 nitrogen and oxygen atoms in total. The van der Waals surface area contributed by atoms with Crippen LogP contribution in [-0.2, 0) is 4.74 Å². The van der Waals surface area contributed by atoms with Gasteiger partial charge in [0.15, 0.2) is 0 Å². The van der Waals surface area contributed by atoms with E-state index in [0.717, 1.165) is 27.2 Å². The number of furan rings is 1. The van der Waals surface area contributed by atoms with Crippen LogP contribution in [-0.4, -0.2) is 12.6 Å². The third-order valence-electron chi connectivity index (χ3n) is 3.30. The monoisotopic (exact) mass is 301 g/mol. The molecule has 0 bridgehead atoms. The molecule has 0 radical (unpaired) electrons. The van der Waals surface area contributed by atoms with Gasteiger partial charge in [0.2, 0.25) is 0 Å². The van der Waals surface area contributed by atoms with E-state index in [0.29, 0.717) is 17.2 Å². The molecule has 0 aliphatic rings. The topological polar surface area (TPSA) is 65.5 Å². The Bertz CT molecular complexity index is 783. The molecule has 0 spiro atoms. The molecule has 0 amide bonds. The lowest BCUT2D eigenvalue weighted by Gasteiger charge is -1.99. The molecule has 3 aromatic rings. The number of benzene rings is 1. The van der Waals surface area contributed by atoms with Crippen LogP contribution in [0.4, 0.5) is 5.69 Å². The fourth-order valence-corrected chi connectivity index (χ4v) is 3.28. The maximum absolute atomic E-state index is 11.9. The Morgan fingerprint density at radius 2 is 2.14 bits per heavy atom. The minimum absolute atomic E-state index is 0.329. The Kier molecular flexibility index (Phi) is 3.43. The summed E-state index contributed by atoms with van der Waals surface area (Å²) < 4.78 is 10.9. The van der Waals surface area contributed by atoms with Crippen LogP contribution in [0.15, 0.2) is 34.7 Å². The molecule has 0 aliphatic heterocycles. The Morgan fingerprint density at radius 1 is 1.38 bits per heavy atom. The zero-order valence-electron chi connectivity index (χ0n) is 11.8. The van der Waals surface area contributed by atoms with Gasteiger partial charge in [0, 0.05) is 5.39 Å². The number of carbonyl (C=O) groups excluding carboxylic acids is 1. The zero-order chi connectivity index (χ0) is 15.0. The lowest BCUT2D eigenvalue weighted by molar-refractivity contribution is 0.0533. The highest BCUT2D eigenvalue weighted by Crippen LogP contribution is 2.40. The van der Waals surface area contributed by atoms with Crippen LogP contribution in [0, 0.1) is 6.92 Å². The summed E-state index contributed by atoms with van der Waals surface area (Å²) in [5, 5.41) is 1.02. The number of hydrogen-bond acceptors (Lipinski definition) is 5. The SMILES string of the molecule is CCOC(=O)c1sc(-c2cc3ccccc3o2)c(C)c1N. The van der Waals surface area contributed by atoms with E-state index in [9.17, 15) is 4.79 Å². The Balaban J connectivity index is 2.10. The van der Waals surface area contributed by atoms with Gasteiger partial charge in [0.05, 0.1) is 17.2 Å². The number of nitrogen functional groups attached to an aromatic ring is 1. The van der Waals surface area contributed by atoms with Crippen molar-refractivity contribution in [3.63, 3.8) is 0 Å². The summed E-state index contributed by atoms with van der Waals surface area (Å²) in [5.41, 5.74) is 8.17. The number of esters is 1. The molecule has 5 heteroatoms. The summed E-state index contributed by atoms with van der Waals surface area (Å²) >= 11 is 1.31. The van der Waals surface area contributed by atoms with Crippen molar-refractivity contribution in [2.24, 2.45) is 0 Å². The number of anilines is 1. The number of nitrogens with two attached hydrogens (primary N) is 1. The predicted octanol–water partition coefficient (Wildman–Crippen LogP) is 4.23. The maximum atomic E-state index is 11.9. The first-order valence-corrected chi connectivity index (χ1v) is 7.48. The minimum atomic E-state index is -0.384.